The lowest BCUT2D eigenvalue weighted by Gasteiger charge is -2.56. The number of hydrogen-bond acceptors (Lipinski definition) is 2. The minimum absolute atomic E-state index is 0.156. The van der Waals surface area contributed by atoms with E-state index < -0.39 is 5.72 Å². The second-order valence-corrected chi connectivity index (χ2v) is 6.48. The predicted molar refractivity (Wildman–Crippen MR) is 85.1 cm³/mol. The van der Waals surface area contributed by atoms with Crippen LogP contribution < -0.4 is 10.1 Å². The fourth-order valence-corrected chi connectivity index (χ4v) is 3.84. The molecule has 20 heavy (non-hydrogen) atoms. The maximum Gasteiger partial charge on any atom is 0.186 e. The van der Waals surface area contributed by atoms with Crippen molar-refractivity contribution < 1.29 is 4.74 Å². The van der Waals surface area contributed by atoms with Crippen molar-refractivity contribution in [1.29, 1.82) is 0 Å². The Kier molecular flexibility index (Phi) is 3.33. The van der Waals surface area contributed by atoms with Gasteiger partial charge in [0.1, 0.15) is 5.75 Å². The lowest BCUT2D eigenvalue weighted by Crippen LogP contribution is -2.69. The van der Waals surface area contributed by atoms with Crippen LogP contribution in [0.2, 0.25) is 5.02 Å². The zero-order valence-corrected chi connectivity index (χ0v) is 13.5. The van der Waals surface area contributed by atoms with E-state index in [1.165, 1.54) is 0 Å². The average Bonchev–Trinajstić information content (AvgIpc) is 2.41. The molecule has 108 valence electrons. The van der Waals surface area contributed by atoms with Gasteiger partial charge in [0.15, 0.2) is 10.8 Å². The molecule has 0 aromatic heterocycles. The number of thiocarbonyl (C=S) groups is 1. The lowest BCUT2D eigenvalue weighted by atomic mass is 9.81. The van der Waals surface area contributed by atoms with E-state index in [-0.39, 0.29) is 12.0 Å². The van der Waals surface area contributed by atoms with E-state index in [0.29, 0.717) is 5.02 Å². The van der Waals surface area contributed by atoms with Gasteiger partial charge in [-0.2, -0.15) is 0 Å². The molecule has 2 bridgehead atoms. The second-order valence-electron chi connectivity index (χ2n) is 5.68. The van der Waals surface area contributed by atoms with Crippen LogP contribution in [0.25, 0.3) is 0 Å². The largest absolute Gasteiger partial charge is 0.466 e. The predicted octanol–water partition coefficient (Wildman–Crippen LogP) is 3.73. The van der Waals surface area contributed by atoms with Crippen molar-refractivity contribution in [2.45, 2.75) is 39.0 Å². The Morgan fingerprint density at radius 1 is 1.50 bits per heavy atom. The normalized spacial score (nSPS) is 31.4. The van der Waals surface area contributed by atoms with Crippen molar-refractivity contribution in [3.05, 3.63) is 28.8 Å². The van der Waals surface area contributed by atoms with Gasteiger partial charge in [0.05, 0.1) is 11.1 Å². The third-order valence-electron chi connectivity index (χ3n) is 4.49. The average molecular weight is 311 g/mol. The molecule has 0 spiro atoms. The first-order valence-corrected chi connectivity index (χ1v) is 7.83. The number of nitrogens with one attached hydrogen (secondary N) is 1. The summed E-state index contributed by atoms with van der Waals surface area (Å²) in [4.78, 5) is 2.15. The summed E-state index contributed by atoms with van der Waals surface area (Å²) in [7, 11) is 0. The van der Waals surface area contributed by atoms with Crippen LogP contribution in [-0.4, -0.2) is 22.3 Å². The first-order valence-electron chi connectivity index (χ1n) is 7.04. The highest BCUT2D eigenvalue weighted by Gasteiger charge is 2.53. The van der Waals surface area contributed by atoms with E-state index in [1.807, 2.05) is 12.1 Å². The molecule has 0 saturated carbocycles. The van der Waals surface area contributed by atoms with Crippen molar-refractivity contribution in [2.75, 3.05) is 6.54 Å². The van der Waals surface area contributed by atoms with Crippen LogP contribution in [0.3, 0.4) is 0 Å². The van der Waals surface area contributed by atoms with E-state index in [9.17, 15) is 0 Å². The number of ether oxygens (including phenoxy) is 1. The minimum Gasteiger partial charge on any atom is -0.466 e. The summed E-state index contributed by atoms with van der Waals surface area (Å²) in [5.41, 5.74) is 0.655. The van der Waals surface area contributed by atoms with Gasteiger partial charge in [-0.05, 0) is 31.6 Å². The SMILES string of the molecule is CCCN1C(=S)NC2c3cccc(Cl)c3OC1(C)C2C. The Bertz CT molecular complexity index is 565. The number of fused-ring (bicyclic) bond motifs is 4. The third-order valence-corrected chi connectivity index (χ3v) is 5.13. The van der Waals surface area contributed by atoms with Crippen molar-refractivity contribution in [3.63, 3.8) is 0 Å². The molecule has 2 aliphatic heterocycles. The molecule has 1 saturated heterocycles. The second kappa shape index (κ2) is 4.78. The number of para-hydroxylation sites is 1. The summed E-state index contributed by atoms with van der Waals surface area (Å²) < 4.78 is 6.34. The molecule has 0 amide bonds. The monoisotopic (exact) mass is 310 g/mol. The molecule has 3 atom stereocenters. The van der Waals surface area contributed by atoms with Gasteiger partial charge in [0.25, 0.3) is 0 Å². The quantitative estimate of drug-likeness (QED) is 0.841. The van der Waals surface area contributed by atoms with Crippen LogP contribution >= 0.6 is 23.8 Å². The van der Waals surface area contributed by atoms with E-state index in [0.717, 1.165) is 29.4 Å². The highest BCUT2D eigenvalue weighted by atomic mass is 35.5. The molecule has 1 aromatic carbocycles. The van der Waals surface area contributed by atoms with E-state index in [2.05, 4.69) is 37.1 Å². The first kappa shape index (κ1) is 14.0. The summed E-state index contributed by atoms with van der Waals surface area (Å²) in [6.45, 7) is 7.33. The Morgan fingerprint density at radius 3 is 2.95 bits per heavy atom. The number of halogens is 1. The van der Waals surface area contributed by atoms with Gasteiger partial charge in [-0.3, -0.25) is 0 Å². The Labute approximate surface area is 130 Å². The molecule has 3 unspecified atom stereocenters. The van der Waals surface area contributed by atoms with Gasteiger partial charge in [0.2, 0.25) is 0 Å². The Balaban J connectivity index is 2.12. The van der Waals surface area contributed by atoms with Crippen LogP contribution in [0, 0.1) is 5.92 Å². The van der Waals surface area contributed by atoms with Crippen molar-refractivity contribution in [3.8, 4) is 5.75 Å². The summed E-state index contributed by atoms with van der Waals surface area (Å²) in [6.07, 6.45) is 1.02. The van der Waals surface area contributed by atoms with Crippen LogP contribution in [0.1, 0.15) is 38.8 Å². The Hall–Kier alpha value is -1.00. The van der Waals surface area contributed by atoms with Gasteiger partial charge in [0, 0.05) is 18.0 Å². The number of hydrogen-bond donors (Lipinski definition) is 1. The smallest absolute Gasteiger partial charge is 0.186 e. The van der Waals surface area contributed by atoms with Gasteiger partial charge in [-0.25, -0.2) is 0 Å². The molecule has 2 aliphatic rings. The topological polar surface area (TPSA) is 24.5 Å². The number of benzene rings is 1. The van der Waals surface area contributed by atoms with Gasteiger partial charge < -0.3 is 15.0 Å². The summed E-state index contributed by atoms with van der Waals surface area (Å²) in [6, 6.07) is 6.05. The molecule has 0 aliphatic carbocycles. The third kappa shape index (κ3) is 1.81. The fourth-order valence-electron chi connectivity index (χ4n) is 3.22. The summed E-state index contributed by atoms with van der Waals surface area (Å²) in [5.74, 6) is 1.07. The minimum atomic E-state index is -0.443. The zero-order chi connectivity index (χ0) is 14.5. The zero-order valence-electron chi connectivity index (χ0n) is 11.9. The summed E-state index contributed by atoms with van der Waals surface area (Å²) in [5, 5.41) is 4.89. The molecule has 3 rings (SSSR count). The molecule has 5 heteroatoms. The van der Waals surface area contributed by atoms with Crippen molar-refractivity contribution >= 4 is 28.9 Å². The Morgan fingerprint density at radius 2 is 2.25 bits per heavy atom. The van der Waals surface area contributed by atoms with Crippen LogP contribution in [-0.2, 0) is 0 Å². The maximum atomic E-state index is 6.34. The van der Waals surface area contributed by atoms with E-state index >= 15 is 0 Å². The molecule has 0 radical (unpaired) electrons. The lowest BCUT2D eigenvalue weighted by molar-refractivity contribution is -0.110. The molecular weight excluding hydrogens is 292 g/mol. The van der Waals surface area contributed by atoms with E-state index in [1.54, 1.807) is 0 Å². The van der Waals surface area contributed by atoms with Crippen LogP contribution in [0.5, 0.6) is 5.75 Å². The molecular formula is C15H19ClN2OS. The maximum absolute atomic E-state index is 6.34. The van der Waals surface area contributed by atoms with Crippen molar-refractivity contribution in [1.82, 2.24) is 10.2 Å². The van der Waals surface area contributed by atoms with Crippen LogP contribution in [0.15, 0.2) is 18.2 Å². The molecule has 2 heterocycles. The highest BCUT2D eigenvalue weighted by molar-refractivity contribution is 7.80. The highest BCUT2D eigenvalue weighted by Crippen LogP contribution is 2.49. The number of rotatable bonds is 2. The van der Waals surface area contributed by atoms with Gasteiger partial charge in [-0.15, -0.1) is 0 Å². The molecule has 3 nitrogen and oxygen atoms in total. The van der Waals surface area contributed by atoms with Gasteiger partial charge >= 0.3 is 0 Å². The summed E-state index contributed by atoms with van der Waals surface area (Å²) >= 11 is 11.9. The van der Waals surface area contributed by atoms with Crippen molar-refractivity contribution in [2.24, 2.45) is 5.92 Å². The molecule has 1 N–H and O–H groups in total. The first-order chi connectivity index (χ1) is 9.49. The van der Waals surface area contributed by atoms with Crippen LogP contribution in [0.4, 0.5) is 0 Å². The molecule has 1 aromatic rings. The van der Waals surface area contributed by atoms with E-state index in [4.69, 9.17) is 28.6 Å². The van der Waals surface area contributed by atoms with Gasteiger partial charge in [-0.1, -0.05) is 37.6 Å². The standard InChI is InChI=1S/C15H19ClN2OS/c1-4-8-18-14(20)17-12-9(2)15(18,3)19-13-10(12)6-5-7-11(13)16/h5-7,9,12H,4,8H2,1-3H3,(H,17,20). The molecule has 1 fully saturated rings. The number of nitrogens with zero attached hydrogens (tertiary/aromatic N) is 1. The fraction of sp³-hybridized carbons (Fsp3) is 0.533.